The number of hydrogen-bond donors (Lipinski definition) is 1. The van der Waals surface area contributed by atoms with Crippen LogP contribution in [0, 0.1) is 6.92 Å². The summed E-state index contributed by atoms with van der Waals surface area (Å²) >= 11 is 0. The molecule has 0 saturated carbocycles. The highest BCUT2D eigenvalue weighted by Gasteiger charge is 2.26. The molecule has 0 bridgehead atoms. The van der Waals surface area contributed by atoms with E-state index >= 15 is 0 Å². The smallest absolute Gasteiger partial charge is 0.259 e. The molecule has 1 atom stereocenters. The molecule has 3 aromatic heterocycles. The summed E-state index contributed by atoms with van der Waals surface area (Å²) in [5.41, 5.74) is 3.23. The molecule has 0 amide bonds. The first-order valence-electron chi connectivity index (χ1n) is 8.43. The van der Waals surface area contributed by atoms with Crippen molar-refractivity contribution in [2.45, 2.75) is 38.8 Å². The van der Waals surface area contributed by atoms with Crippen LogP contribution in [0.4, 0.5) is 0 Å². The van der Waals surface area contributed by atoms with Gasteiger partial charge < -0.3 is 4.98 Å². The van der Waals surface area contributed by atoms with Gasteiger partial charge in [0.1, 0.15) is 0 Å². The van der Waals surface area contributed by atoms with Crippen molar-refractivity contribution < 1.29 is 0 Å². The third kappa shape index (κ3) is 2.73. The predicted molar refractivity (Wildman–Crippen MR) is 91.8 cm³/mol. The number of piperidine rings is 1. The average Bonchev–Trinajstić information content (AvgIpc) is 3.07. The van der Waals surface area contributed by atoms with Crippen molar-refractivity contribution in [2.75, 3.05) is 6.54 Å². The third-order valence-electron chi connectivity index (χ3n) is 4.86. The number of aryl methyl sites for hydroxylation is 1. The quantitative estimate of drug-likeness (QED) is 0.804. The number of imidazole rings is 1. The SMILES string of the molecule is Cc1cccnc1CN1CCCCC1c1cc(=O)n2ccnc2[nH]1. The van der Waals surface area contributed by atoms with Crippen molar-refractivity contribution in [1.82, 2.24) is 24.3 Å². The van der Waals surface area contributed by atoms with Gasteiger partial charge in [0.05, 0.1) is 11.7 Å². The Kier molecular flexibility index (Phi) is 3.90. The Morgan fingerprint density at radius 2 is 2.21 bits per heavy atom. The monoisotopic (exact) mass is 323 g/mol. The van der Waals surface area contributed by atoms with Crippen molar-refractivity contribution in [3.63, 3.8) is 0 Å². The summed E-state index contributed by atoms with van der Waals surface area (Å²) in [5.74, 6) is 0.608. The van der Waals surface area contributed by atoms with Crippen LogP contribution in [0.15, 0.2) is 41.6 Å². The predicted octanol–water partition coefficient (Wildman–Crippen LogP) is 2.45. The Morgan fingerprint density at radius 3 is 3.08 bits per heavy atom. The fourth-order valence-corrected chi connectivity index (χ4v) is 3.53. The Hall–Kier alpha value is -2.47. The van der Waals surface area contributed by atoms with Crippen molar-refractivity contribution in [3.8, 4) is 0 Å². The van der Waals surface area contributed by atoms with Crippen molar-refractivity contribution in [1.29, 1.82) is 0 Å². The molecule has 4 rings (SSSR count). The highest BCUT2D eigenvalue weighted by molar-refractivity contribution is 5.30. The van der Waals surface area contributed by atoms with Gasteiger partial charge in [-0.1, -0.05) is 12.5 Å². The maximum Gasteiger partial charge on any atom is 0.259 e. The number of fused-ring (bicyclic) bond motifs is 1. The molecule has 124 valence electrons. The highest BCUT2D eigenvalue weighted by atomic mass is 16.1. The first kappa shape index (κ1) is 15.1. The minimum absolute atomic E-state index is 0.0317. The number of H-pyrrole nitrogens is 1. The van der Waals surface area contributed by atoms with E-state index in [1.165, 1.54) is 18.4 Å². The number of hydrogen-bond acceptors (Lipinski definition) is 4. The molecule has 4 heterocycles. The lowest BCUT2D eigenvalue weighted by Crippen LogP contribution is -2.34. The first-order valence-corrected chi connectivity index (χ1v) is 8.43. The molecule has 24 heavy (non-hydrogen) atoms. The van der Waals surface area contributed by atoms with E-state index in [9.17, 15) is 4.79 Å². The summed E-state index contributed by atoms with van der Waals surface area (Å²) in [5, 5.41) is 0. The summed E-state index contributed by atoms with van der Waals surface area (Å²) in [6.45, 7) is 3.92. The van der Waals surface area contributed by atoms with E-state index in [-0.39, 0.29) is 11.6 Å². The van der Waals surface area contributed by atoms with Crippen molar-refractivity contribution in [2.24, 2.45) is 0 Å². The minimum Gasteiger partial charge on any atom is -0.327 e. The van der Waals surface area contributed by atoms with Gasteiger partial charge >= 0.3 is 0 Å². The van der Waals surface area contributed by atoms with E-state index in [1.54, 1.807) is 22.9 Å². The van der Waals surface area contributed by atoms with Crippen LogP contribution in [0.25, 0.3) is 5.78 Å². The Morgan fingerprint density at radius 1 is 1.29 bits per heavy atom. The Balaban J connectivity index is 1.68. The number of nitrogens with zero attached hydrogens (tertiary/aromatic N) is 4. The molecular formula is C18H21N5O. The lowest BCUT2D eigenvalue weighted by Gasteiger charge is -2.35. The molecule has 1 fully saturated rings. The maximum atomic E-state index is 12.3. The first-order chi connectivity index (χ1) is 11.7. The highest BCUT2D eigenvalue weighted by Crippen LogP contribution is 2.30. The molecular weight excluding hydrogens is 302 g/mol. The second-order valence-corrected chi connectivity index (χ2v) is 6.43. The van der Waals surface area contributed by atoms with E-state index in [0.717, 1.165) is 30.9 Å². The molecule has 0 spiro atoms. The van der Waals surface area contributed by atoms with Gasteiger partial charge in [-0.15, -0.1) is 0 Å². The van der Waals surface area contributed by atoms with Gasteiger partial charge in [0.2, 0.25) is 5.78 Å². The molecule has 6 nitrogen and oxygen atoms in total. The second-order valence-electron chi connectivity index (χ2n) is 6.43. The number of likely N-dealkylation sites (tertiary alicyclic amines) is 1. The summed E-state index contributed by atoms with van der Waals surface area (Å²) < 4.78 is 1.54. The van der Waals surface area contributed by atoms with Crippen LogP contribution in [0.5, 0.6) is 0 Å². The van der Waals surface area contributed by atoms with Crippen LogP contribution >= 0.6 is 0 Å². The van der Waals surface area contributed by atoms with Crippen LogP contribution < -0.4 is 5.56 Å². The van der Waals surface area contributed by atoms with E-state index in [1.807, 2.05) is 12.3 Å². The largest absolute Gasteiger partial charge is 0.327 e. The molecule has 1 N–H and O–H groups in total. The second kappa shape index (κ2) is 6.20. The maximum absolute atomic E-state index is 12.3. The standard InChI is InChI=1S/C18H21N5O/c1-13-5-4-7-19-15(13)12-22-9-3-2-6-16(22)14-11-17(24)23-10-8-20-18(23)21-14/h4-5,7-8,10-11,16H,2-3,6,9,12H2,1H3,(H,20,21). The molecule has 3 aromatic rings. The molecule has 1 aliphatic rings. The molecule has 6 heteroatoms. The minimum atomic E-state index is -0.0317. The van der Waals surface area contributed by atoms with Crippen molar-refractivity contribution in [3.05, 3.63) is 64.1 Å². The molecule has 0 aliphatic carbocycles. The van der Waals surface area contributed by atoms with E-state index in [4.69, 9.17) is 0 Å². The summed E-state index contributed by atoms with van der Waals surface area (Å²) in [6.07, 6.45) is 8.57. The number of rotatable bonds is 3. The van der Waals surface area contributed by atoms with E-state index < -0.39 is 0 Å². The van der Waals surface area contributed by atoms with Gasteiger partial charge in [0, 0.05) is 36.9 Å². The topological polar surface area (TPSA) is 66.3 Å². The lowest BCUT2D eigenvalue weighted by molar-refractivity contribution is 0.135. The fourth-order valence-electron chi connectivity index (χ4n) is 3.53. The lowest BCUT2D eigenvalue weighted by atomic mass is 9.98. The Labute approximate surface area is 140 Å². The van der Waals surface area contributed by atoms with Crippen molar-refractivity contribution >= 4 is 5.78 Å². The van der Waals surface area contributed by atoms with Crippen LogP contribution in [0.2, 0.25) is 0 Å². The van der Waals surface area contributed by atoms with Gasteiger partial charge in [0.25, 0.3) is 5.56 Å². The van der Waals surface area contributed by atoms with Gasteiger partial charge in [-0.3, -0.25) is 19.1 Å². The van der Waals surface area contributed by atoms with Gasteiger partial charge in [-0.2, -0.15) is 0 Å². The zero-order valence-corrected chi connectivity index (χ0v) is 13.8. The molecule has 0 aromatic carbocycles. The van der Waals surface area contributed by atoms with Crippen LogP contribution in [0.1, 0.15) is 42.3 Å². The van der Waals surface area contributed by atoms with Crippen LogP contribution in [-0.2, 0) is 6.54 Å². The molecule has 1 aliphatic heterocycles. The van der Waals surface area contributed by atoms with E-state index in [2.05, 4.69) is 32.8 Å². The normalized spacial score (nSPS) is 19.0. The summed E-state index contributed by atoms with van der Waals surface area (Å²) in [6, 6.07) is 5.98. The molecule has 1 saturated heterocycles. The number of aromatic nitrogens is 4. The summed E-state index contributed by atoms with van der Waals surface area (Å²) in [7, 11) is 0. The molecule has 0 radical (unpaired) electrons. The van der Waals surface area contributed by atoms with Crippen LogP contribution in [-0.4, -0.2) is 30.8 Å². The zero-order valence-electron chi connectivity index (χ0n) is 13.8. The number of aromatic amines is 1. The molecule has 1 unspecified atom stereocenters. The number of pyridine rings is 1. The number of nitrogens with one attached hydrogen (secondary N) is 1. The summed E-state index contributed by atoms with van der Waals surface area (Å²) in [4.78, 5) is 26.8. The zero-order chi connectivity index (χ0) is 16.5. The Bertz CT molecular complexity index is 913. The fraction of sp³-hybridized carbons (Fsp3) is 0.389. The van der Waals surface area contributed by atoms with Crippen LogP contribution in [0.3, 0.4) is 0 Å². The van der Waals surface area contributed by atoms with Gasteiger partial charge in [0.15, 0.2) is 0 Å². The average molecular weight is 323 g/mol. The van der Waals surface area contributed by atoms with Gasteiger partial charge in [-0.05, 0) is 37.9 Å². The van der Waals surface area contributed by atoms with Gasteiger partial charge in [-0.25, -0.2) is 4.98 Å². The third-order valence-corrected chi connectivity index (χ3v) is 4.86. The van der Waals surface area contributed by atoms with E-state index in [0.29, 0.717) is 5.78 Å².